The molecule has 27 heavy (non-hydrogen) atoms. The average molecular weight is 372 g/mol. The standard InChI is InChI=1S/C22H26F2N2O/c1-3-21(27)26(19-8-4-6-16(2)14-19)18-10-12-25(13-11-18)15-17-7-5-9-20(23)22(17)24/h4-9,14,18H,3,10-13,15H2,1-2H3. The van der Waals surface area contributed by atoms with Crippen LogP contribution in [0.25, 0.3) is 0 Å². The highest BCUT2D eigenvalue weighted by Crippen LogP contribution is 2.26. The van der Waals surface area contributed by atoms with Crippen LogP contribution in [-0.2, 0) is 11.3 Å². The number of nitrogens with zero attached hydrogens (tertiary/aromatic N) is 2. The van der Waals surface area contributed by atoms with Crippen LogP contribution in [0.3, 0.4) is 0 Å². The maximum atomic E-state index is 13.9. The molecular formula is C22H26F2N2O. The molecule has 0 aliphatic carbocycles. The number of carbonyl (C=O) groups is 1. The number of hydrogen-bond acceptors (Lipinski definition) is 2. The molecule has 2 aromatic rings. The first-order valence-electron chi connectivity index (χ1n) is 9.53. The van der Waals surface area contributed by atoms with Crippen molar-refractivity contribution in [1.82, 2.24) is 4.90 Å². The zero-order valence-electron chi connectivity index (χ0n) is 15.9. The van der Waals surface area contributed by atoms with Crippen LogP contribution >= 0.6 is 0 Å². The molecule has 1 aliphatic heterocycles. The van der Waals surface area contributed by atoms with Gasteiger partial charge in [-0.3, -0.25) is 9.69 Å². The van der Waals surface area contributed by atoms with Gasteiger partial charge in [-0.1, -0.05) is 31.2 Å². The SMILES string of the molecule is CCC(=O)N(c1cccc(C)c1)C1CCN(Cc2cccc(F)c2F)CC1. The third-order valence-corrected chi connectivity index (χ3v) is 5.20. The minimum atomic E-state index is -0.804. The molecule has 1 fully saturated rings. The maximum absolute atomic E-state index is 13.9. The smallest absolute Gasteiger partial charge is 0.226 e. The first-order valence-corrected chi connectivity index (χ1v) is 9.53. The Morgan fingerprint density at radius 1 is 1.15 bits per heavy atom. The molecule has 1 aliphatic rings. The molecule has 1 amide bonds. The summed E-state index contributed by atoms with van der Waals surface area (Å²) in [7, 11) is 0. The van der Waals surface area contributed by atoms with Crippen molar-refractivity contribution in [3.05, 3.63) is 65.2 Å². The van der Waals surface area contributed by atoms with Gasteiger partial charge in [0.1, 0.15) is 0 Å². The van der Waals surface area contributed by atoms with Gasteiger partial charge in [-0.25, -0.2) is 8.78 Å². The number of amides is 1. The minimum absolute atomic E-state index is 0.121. The molecule has 0 atom stereocenters. The number of aryl methyl sites for hydroxylation is 1. The number of piperidine rings is 1. The number of rotatable bonds is 5. The first kappa shape index (κ1) is 19.5. The summed E-state index contributed by atoms with van der Waals surface area (Å²) in [5.41, 5.74) is 2.45. The Bertz CT molecular complexity index is 801. The summed E-state index contributed by atoms with van der Waals surface area (Å²) in [5, 5.41) is 0. The Balaban J connectivity index is 1.69. The molecular weight excluding hydrogens is 346 g/mol. The molecule has 1 saturated heterocycles. The Morgan fingerprint density at radius 2 is 1.85 bits per heavy atom. The van der Waals surface area contributed by atoms with Crippen LogP contribution in [0.2, 0.25) is 0 Å². The Morgan fingerprint density at radius 3 is 2.52 bits per heavy atom. The number of halogens is 2. The number of carbonyl (C=O) groups excluding carboxylic acids is 1. The largest absolute Gasteiger partial charge is 0.309 e. The lowest BCUT2D eigenvalue weighted by Gasteiger charge is -2.38. The van der Waals surface area contributed by atoms with Crippen molar-refractivity contribution in [3.63, 3.8) is 0 Å². The van der Waals surface area contributed by atoms with Crippen molar-refractivity contribution >= 4 is 11.6 Å². The molecule has 0 radical (unpaired) electrons. The second-order valence-electron chi connectivity index (χ2n) is 7.18. The predicted molar refractivity (Wildman–Crippen MR) is 104 cm³/mol. The fraction of sp³-hybridized carbons (Fsp3) is 0.409. The van der Waals surface area contributed by atoms with Gasteiger partial charge in [-0.2, -0.15) is 0 Å². The van der Waals surface area contributed by atoms with Gasteiger partial charge in [0, 0.05) is 43.3 Å². The van der Waals surface area contributed by atoms with Gasteiger partial charge in [0.15, 0.2) is 11.6 Å². The summed E-state index contributed by atoms with van der Waals surface area (Å²) >= 11 is 0. The topological polar surface area (TPSA) is 23.6 Å². The molecule has 1 heterocycles. The Labute approximate surface area is 159 Å². The monoisotopic (exact) mass is 372 g/mol. The summed E-state index contributed by atoms with van der Waals surface area (Å²) in [5.74, 6) is -1.45. The number of anilines is 1. The molecule has 3 rings (SSSR count). The molecule has 0 N–H and O–H groups in total. The zero-order chi connectivity index (χ0) is 19.4. The second-order valence-corrected chi connectivity index (χ2v) is 7.18. The van der Waals surface area contributed by atoms with Crippen LogP contribution in [0.5, 0.6) is 0 Å². The molecule has 3 nitrogen and oxygen atoms in total. The van der Waals surface area contributed by atoms with Crippen LogP contribution in [-0.4, -0.2) is 29.9 Å². The highest BCUT2D eigenvalue weighted by atomic mass is 19.2. The van der Waals surface area contributed by atoms with Crippen LogP contribution in [0, 0.1) is 18.6 Å². The van der Waals surface area contributed by atoms with E-state index in [1.54, 1.807) is 12.1 Å². The first-order chi connectivity index (χ1) is 13.0. The zero-order valence-corrected chi connectivity index (χ0v) is 15.9. The van der Waals surface area contributed by atoms with E-state index >= 15 is 0 Å². The fourth-order valence-corrected chi connectivity index (χ4v) is 3.75. The average Bonchev–Trinajstić information content (AvgIpc) is 2.67. The van der Waals surface area contributed by atoms with Crippen molar-refractivity contribution in [2.75, 3.05) is 18.0 Å². The predicted octanol–water partition coefficient (Wildman–Crippen LogP) is 4.68. The third-order valence-electron chi connectivity index (χ3n) is 5.20. The van der Waals surface area contributed by atoms with E-state index in [0.29, 0.717) is 18.5 Å². The highest BCUT2D eigenvalue weighted by molar-refractivity contribution is 5.93. The Hall–Kier alpha value is -2.27. The molecule has 0 unspecified atom stereocenters. The lowest BCUT2D eigenvalue weighted by atomic mass is 10.0. The van der Waals surface area contributed by atoms with Crippen molar-refractivity contribution < 1.29 is 13.6 Å². The van der Waals surface area contributed by atoms with E-state index in [1.165, 1.54) is 0 Å². The summed E-state index contributed by atoms with van der Waals surface area (Å²) in [4.78, 5) is 16.6. The van der Waals surface area contributed by atoms with Crippen LogP contribution in [0.4, 0.5) is 14.5 Å². The number of hydrogen-bond donors (Lipinski definition) is 0. The van der Waals surface area contributed by atoms with Gasteiger partial charge >= 0.3 is 0 Å². The van der Waals surface area contributed by atoms with Crippen LogP contribution in [0.15, 0.2) is 42.5 Å². The molecule has 0 saturated carbocycles. The fourth-order valence-electron chi connectivity index (χ4n) is 3.75. The highest BCUT2D eigenvalue weighted by Gasteiger charge is 2.28. The second kappa shape index (κ2) is 8.61. The third kappa shape index (κ3) is 4.53. The molecule has 0 bridgehead atoms. The van der Waals surface area contributed by atoms with Gasteiger partial charge in [-0.05, 0) is 43.5 Å². The summed E-state index contributed by atoms with van der Waals surface area (Å²) in [6, 6.07) is 12.5. The van der Waals surface area contributed by atoms with E-state index in [2.05, 4.69) is 4.90 Å². The van der Waals surface area contributed by atoms with Gasteiger partial charge in [0.25, 0.3) is 0 Å². The molecule has 144 valence electrons. The van der Waals surface area contributed by atoms with Crippen molar-refractivity contribution in [1.29, 1.82) is 0 Å². The van der Waals surface area contributed by atoms with Crippen molar-refractivity contribution in [2.24, 2.45) is 0 Å². The van der Waals surface area contributed by atoms with Gasteiger partial charge in [0.05, 0.1) is 0 Å². The molecule has 0 aromatic heterocycles. The summed E-state index contributed by atoms with van der Waals surface area (Å²) in [6.45, 7) is 5.80. The number of likely N-dealkylation sites (tertiary alicyclic amines) is 1. The van der Waals surface area contributed by atoms with Gasteiger partial charge < -0.3 is 4.90 Å². The lowest BCUT2D eigenvalue weighted by molar-refractivity contribution is -0.119. The van der Waals surface area contributed by atoms with E-state index in [1.807, 2.05) is 43.0 Å². The van der Waals surface area contributed by atoms with E-state index < -0.39 is 11.6 Å². The van der Waals surface area contributed by atoms with Crippen LogP contribution < -0.4 is 4.90 Å². The molecule has 2 aromatic carbocycles. The quantitative estimate of drug-likeness (QED) is 0.761. The van der Waals surface area contributed by atoms with Crippen molar-refractivity contribution in [2.45, 2.75) is 45.7 Å². The summed E-state index contributed by atoms with van der Waals surface area (Å²) < 4.78 is 27.3. The van der Waals surface area contributed by atoms with E-state index in [-0.39, 0.29) is 11.9 Å². The lowest BCUT2D eigenvalue weighted by Crippen LogP contribution is -2.47. The van der Waals surface area contributed by atoms with Gasteiger partial charge in [-0.15, -0.1) is 0 Å². The number of benzene rings is 2. The van der Waals surface area contributed by atoms with Crippen LogP contribution in [0.1, 0.15) is 37.3 Å². The van der Waals surface area contributed by atoms with Crippen molar-refractivity contribution in [3.8, 4) is 0 Å². The summed E-state index contributed by atoms with van der Waals surface area (Å²) in [6.07, 6.45) is 2.09. The van der Waals surface area contributed by atoms with E-state index in [9.17, 15) is 13.6 Å². The van der Waals surface area contributed by atoms with Gasteiger partial charge in [0.2, 0.25) is 5.91 Å². The Kier molecular flexibility index (Phi) is 6.22. The van der Waals surface area contributed by atoms with E-state index in [4.69, 9.17) is 0 Å². The molecule has 5 heteroatoms. The van der Waals surface area contributed by atoms with E-state index in [0.717, 1.165) is 43.2 Å². The maximum Gasteiger partial charge on any atom is 0.226 e. The minimum Gasteiger partial charge on any atom is -0.309 e. The molecule has 0 spiro atoms. The normalized spacial score (nSPS) is 15.7.